The Morgan fingerprint density at radius 2 is 2.17 bits per heavy atom. The quantitative estimate of drug-likeness (QED) is 0.899. The van der Waals surface area contributed by atoms with Crippen LogP contribution in [-0.4, -0.2) is 42.2 Å². The molecule has 1 fully saturated rings. The number of rotatable bonds is 5. The number of carbonyl (C=O) groups excluding carboxylic acids is 1. The van der Waals surface area contributed by atoms with Crippen LogP contribution in [-0.2, 0) is 4.74 Å². The van der Waals surface area contributed by atoms with Crippen LogP contribution in [0.5, 0.6) is 0 Å². The van der Waals surface area contributed by atoms with E-state index in [1.807, 2.05) is 30.0 Å². The molecule has 1 aliphatic heterocycles. The summed E-state index contributed by atoms with van der Waals surface area (Å²) in [5, 5.41) is 4.43. The number of thiazole rings is 1. The van der Waals surface area contributed by atoms with Crippen LogP contribution in [0, 0.1) is 5.92 Å². The number of benzene rings is 1. The molecule has 1 aromatic heterocycles. The van der Waals surface area contributed by atoms with E-state index < -0.39 is 0 Å². The van der Waals surface area contributed by atoms with E-state index in [0.717, 1.165) is 49.5 Å². The normalized spacial score (nSPS) is 15.8. The molecule has 2 aromatic rings. The second kappa shape index (κ2) is 7.64. The van der Waals surface area contributed by atoms with E-state index >= 15 is 0 Å². The number of nitrogens with zero attached hydrogens (tertiary/aromatic N) is 2. The molecule has 2 heterocycles. The molecule has 0 atom stereocenters. The molecule has 0 saturated carbocycles. The van der Waals surface area contributed by atoms with Gasteiger partial charge in [-0.3, -0.25) is 0 Å². The molecule has 23 heavy (non-hydrogen) atoms. The van der Waals surface area contributed by atoms with Gasteiger partial charge in [0.15, 0.2) is 5.13 Å². The molecule has 1 saturated heterocycles. The summed E-state index contributed by atoms with van der Waals surface area (Å²) in [6.45, 7) is 4.85. The predicted molar refractivity (Wildman–Crippen MR) is 94.0 cm³/mol. The molecule has 3 rings (SSSR count). The number of anilines is 1. The number of fused-ring (bicyclic) bond motifs is 1. The van der Waals surface area contributed by atoms with Crippen molar-refractivity contribution in [2.75, 3.05) is 31.6 Å². The van der Waals surface area contributed by atoms with E-state index in [9.17, 15) is 4.79 Å². The standard InChI is InChI=1S/C17H23N3O2S/c1-2-22-17(21)20-11-8-13(9-12-20)7-10-18-16-19-14-5-3-4-6-15(14)23-16/h3-6,13H,2,7-12H2,1H3,(H,18,19). The number of hydrogen-bond acceptors (Lipinski definition) is 5. The van der Waals surface area contributed by atoms with E-state index in [-0.39, 0.29) is 6.09 Å². The van der Waals surface area contributed by atoms with Gasteiger partial charge in [0.1, 0.15) is 0 Å². The summed E-state index contributed by atoms with van der Waals surface area (Å²) < 4.78 is 6.27. The summed E-state index contributed by atoms with van der Waals surface area (Å²) >= 11 is 1.70. The summed E-state index contributed by atoms with van der Waals surface area (Å²) in [6.07, 6.45) is 3.06. The number of piperidine rings is 1. The van der Waals surface area contributed by atoms with Crippen LogP contribution < -0.4 is 5.32 Å². The Balaban J connectivity index is 1.41. The Kier molecular flexibility index (Phi) is 5.33. The van der Waals surface area contributed by atoms with Crippen molar-refractivity contribution in [1.29, 1.82) is 0 Å². The molecular weight excluding hydrogens is 310 g/mol. The van der Waals surface area contributed by atoms with Crippen LogP contribution in [0.2, 0.25) is 0 Å². The number of likely N-dealkylation sites (tertiary alicyclic amines) is 1. The van der Waals surface area contributed by atoms with Crippen molar-refractivity contribution in [1.82, 2.24) is 9.88 Å². The minimum atomic E-state index is -0.168. The Hall–Kier alpha value is -1.82. The van der Waals surface area contributed by atoms with Crippen molar-refractivity contribution >= 4 is 32.8 Å². The zero-order chi connectivity index (χ0) is 16.1. The average Bonchev–Trinajstić information content (AvgIpc) is 2.98. The van der Waals surface area contributed by atoms with E-state index in [1.54, 1.807) is 11.3 Å². The Bertz CT molecular complexity index is 617. The van der Waals surface area contributed by atoms with Gasteiger partial charge in [0.25, 0.3) is 0 Å². The van der Waals surface area contributed by atoms with Gasteiger partial charge in [-0.2, -0.15) is 0 Å². The van der Waals surface area contributed by atoms with E-state index in [2.05, 4.69) is 16.4 Å². The van der Waals surface area contributed by atoms with E-state index in [1.165, 1.54) is 4.70 Å². The maximum absolute atomic E-state index is 11.7. The van der Waals surface area contributed by atoms with Gasteiger partial charge in [-0.1, -0.05) is 23.5 Å². The van der Waals surface area contributed by atoms with Gasteiger partial charge >= 0.3 is 6.09 Å². The van der Waals surface area contributed by atoms with Gasteiger partial charge in [0.05, 0.1) is 16.8 Å². The monoisotopic (exact) mass is 333 g/mol. The van der Waals surface area contributed by atoms with Gasteiger partial charge < -0.3 is 15.0 Å². The zero-order valence-electron chi connectivity index (χ0n) is 13.5. The van der Waals surface area contributed by atoms with Crippen LogP contribution in [0.15, 0.2) is 24.3 Å². The lowest BCUT2D eigenvalue weighted by molar-refractivity contribution is 0.0913. The number of nitrogens with one attached hydrogen (secondary N) is 1. The molecular formula is C17H23N3O2S. The molecule has 0 spiro atoms. The highest BCUT2D eigenvalue weighted by atomic mass is 32.1. The predicted octanol–water partition coefficient (Wildman–Crippen LogP) is 3.97. The minimum absolute atomic E-state index is 0.168. The Labute approximate surface area is 140 Å². The van der Waals surface area contributed by atoms with E-state index in [4.69, 9.17) is 4.74 Å². The average molecular weight is 333 g/mol. The third kappa shape index (κ3) is 4.13. The van der Waals surface area contributed by atoms with Crippen molar-refractivity contribution < 1.29 is 9.53 Å². The highest BCUT2D eigenvalue weighted by Crippen LogP contribution is 2.26. The maximum Gasteiger partial charge on any atom is 0.409 e. The molecule has 0 radical (unpaired) electrons. The first-order valence-corrected chi connectivity index (χ1v) is 9.09. The summed E-state index contributed by atoms with van der Waals surface area (Å²) in [6, 6.07) is 8.20. The zero-order valence-corrected chi connectivity index (χ0v) is 14.3. The Morgan fingerprint density at radius 3 is 2.91 bits per heavy atom. The molecule has 124 valence electrons. The Morgan fingerprint density at radius 1 is 1.39 bits per heavy atom. The highest BCUT2D eigenvalue weighted by molar-refractivity contribution is 7.22. The van der Waals surface area contributed by atoms with Crippen molar-refractivity contribution in [2.24, 2.45) is 5.92 Å². The number of carbonyl (C=O) groups is 1. The molecule has 1 amide bonds. The molecule has 5 nitrogen and oxygen atoms in total. The lowest BCUT2D eigenvalue weighted by Crippen LogP contribution is -2.39. The fourth-order valence-electron chi connectivity index (χ4n) is 2.95. The number of para-hydroxylation sites is 1. The topological polar surface area (TPSA) is 54.5 Å². The summed E-state index contributed by atoms with van der Waals surface area (Å²) in [5.41, 5.74) is 1.06. The van der Waals surface area contributed by atoms with Crippen LogP contribution >= 0.6 is 11.3 Å². The van der Waals surface area contributed by atoms with Crippen LogP contribution in [0.25, 0.3) is 10.2 Å². The highest BCUT2D eigenvalue weighted by Gasteiger charge is 2.23. The third-order valence-corrected chi connectivity index (χ3v) is 5.26. The smallest absolute Gasteiger partial charge is 0.409 e. The van der Waals surface area contributed by atoms with Gasteiger partial charge in [0, 0.05) is 19.6 Å². The molecule has 1 aromatic carbocycles. The molecule has 0 unspecified atom stereocenters. The summed E-state index contributed by atoms with van der Waals surface area (Å²) in [7, 11) is 0. The van der Waals surface area contributed by atoms with Crippen molar-refractivity contribution in [3.05, 3.63) is 24.3 Å². The van der Waals surface area contributed by atoms with Gasteiger partial charge in [-0.15, -0.1) is 0 Å². The maximum atomic E-state index is 11.7. The second-order valence-electron chi connectivity index (χ2n) is 5.83. The lowest BCUT2D eigenvalue weighted by atomic mass is 9.94. The van der Waals surface area contributed by atoms with E-state index in [0.29, 0.717) is 12.5 Å². The van der Waals surface area contributed by atoms with Crippen molar-refractivity contribution in [2.45, 2.75) is 26.2 Å². The van der Waals surface area contributed by atoms with Crippen LogP contribution in [0.3, 0.4) is 0 Å². The largest absolute Gasteiger partial charge is 0.450 e. The minimum Gasteiger partial charge on any atom is -0.450 e. The number of ether oxygens (including phenoxy) is 1. The van der Waals surface area contributed by atoms with Crippen LogP contribution in [0.4, 0.5) is 9.93 Å². The fourth-order valence-corrected chi connectivity index (χ4v) is 3.84. The fraction of sp³-hybridized carbons (Fsp3) is 0.529. The number of hydrogen-bond donors (Lipinski definition) is 1. The molecule has 6 heteroatoms. The van der Waals surface area contributed by atoms with Gasteiger partial charge in [0.2, 0.25) is 0 Å². The third-order valence-electron chi connectivity index (χ3n) is 4.26. The number of amides is 1. The summed E-state index contributed by atoms with van der Waals surface area (Å²) in [4.78, 5) is 18.1. The van der Waals surface area contributed by atoms with Crippen LogP contribution in [0.1, 0.15) is 26.2 Å². The molecule has 1 aliphatic rings. The molecule has 1 N–H and O–H groups in total. The van der Waals surface area contributed by atoms with Gasteiger partial charge in [-0.05, 0) is 44.2 Å². The molecule has 0 aliphatic carbocycles. The van der Waals surface area contributed by atoms with Crippen molar-refractivity contribution in [3.63, 3.8) is 0 Å². The molecule has 0 bridgehead atoms. The first-order valence-electron chi connectivity index (χ1n) is 8.27. The lowest BCUT2D eigenvalue weighted by Gasteiger charge is -2.31. The second-order valence-corrected chi connectivity index (χ2v) is 6.86. The first-order chi connectivity index (χ1) is 11.3. The van der Waals surface area contributed by atoms with Gasteiger partial charge in [-0.25, -0.2) is 9.78 Å². The SMILES string of the molecule is CCOC(=O)N1CCC(CCNc2nc3ccccc3s2)CC1. The number of aromatic nitrogens is 1. The summed E-state index contributed by atoms with van der Waals surface area (Å²) in [5.74, 6) is 0.669. The first kappa shape index (κ1) is 16.1. The van der Waals surface area contributed by atoms with Crippen molar-refractivity contribution in [3.8, 4) is 0 Å².